The van der Waals surface area contributed by atoms with Crippen LogP contribution in [0.5, 0.6) is 11.5 Å². The van der Waals surface area contributed by atoms with Gasteiger partial charge in [-0.25, -0.2) is 0 Å². The van der Waals surface area contributed by atoms with Gasteiger partial charge in [-0.2, -0.15) is 5.10 Å². The molecule has 0 radical (unpaired) electrons. The third kappa shape index (κ3) is 3.85. The molecule has 2 aromatic carbocycles. The van der Waals surface area contributed by atoms with Gasteiger partial charge in [0.2, 0.25) is 5.91 Å². The molecule has 2 heterocycles. The van der Waals surface area contributed by atoms with Crippen LogP contribution in [0.4, 0.5) is 5.69 Å². The lowest BCUT2D eigenvalue weighted by molar-refractivity contribution is -0.115. The number of nitrogens with zero attached hydrogens (tertiary/aromatic N) is 2. The van der Waals surface area contributed by atoms with Crippen LogP contribution in [0, 0.1) is 0 Å². The minimum atomic E-state index is -0.127. The minimum Gasteiger partial charge on any atom is -0.486 e. The standard InChI is InChI=1S/C20H19N3O3/c24-20(10-15-6-2-1-3-7-15)22-16-11-21-23(12-16)13-17-14-25-18-8-4-5-9-19(18)26-17/h1-9,11-12,17H,10,13-14H2,(H,22,24)/t17-/m1/s1. The Balaban J connectivity index is 1.33. The van der Waals surface area contributed by atoms with Gasteiger partial charge in [-0.1, -0.05) is 42.5 Å². The summed E-state index contributed by atoms with van der Waals surface area (Å²) in [7, 11) is 0. The number of aromatic nitrogens is 2. The number of carbonyl (C=O) groups excluding carboxylic acids is 1. The number of benzene rings is 2. The zero-order valence-electron chi connectivity index (χ0n) is 14.2. The Hall–Kier alpha value is -3.28. The average molecular weight is 349 g/mol. The first-order valence-electron chi connectivity index (χ1n) is 8.51. The molecule has 0 spiro atoms. The molecule has 1 N–H and O–H groups in total. The molecule has 132 valence electrons. The van der Waals surface area contributed by atoms with Gasteiger partial charge in [0.15, 0.2) is 17.6 Å². The molecule has 26 heavy (non-hydrogen) atoms. The highest BCUT2D eigenvalue weighted by molar-refractivity contribution is 5.91. The number of hydrogen-bond donors (Lipinski definition) is 1. The SMILES string of the molecule is O=C(Cc1ccccc1)Nc1cnn(C[C@@H]2COc3ccccc3O2)c1. The number of para-hydroxylation sites is 2. The fourth-order valence-electron chi connectivity index (χ4n) is 2.88. The van der Waals surface area contributed by atoms with E-state index in [4.69, 9.17) is 9.47 Å². The molecule has 1 aromatic heterocycles. The molecule has 1 aliphatic heterocycles. The van der Waals surface area contributed by atoms with Crippen LogP contribution in [-0.2, 0) is 17.8 Å². The smallest absolute Gasteiger partial charge is 0.228 e. The molecule has 0 saturated carbocycles. The number of hydrogen-bond acceptors (Lipinski definition) is 4. The number of amides is 1. The average Bonchev–Trinajstić information content (AvgIpc) is 3.09. The topological polar surface area (TPSA) is 65.4 Å². The Morgan fingerprint density at radius 3 is 2.73 bits per heavy atom. The lowest BCUT2D eigenvalue weighted by Crippen LogP contribution is -2.33. The quantitative estimate of drug-likeness (QED) is 0.769. The van der Waals surface area contributed by atoms with Crippen molar-refractivity contribution in [3.05, 3.63) is 72.6 Å². The van der Waals surface area contributed by atoms with E-state index in [1.54, 1.807) is 17.1 Å². The van der Waals surface area contributed by atoms with Gasteiger partial charge in [-0.05, 0) is 17.7 Å². The molecule has 0 fully saturated rings. The first-order valence-corrected chi connectivity index (χ1v) is 8.51. The first kappa shape index (κ1) is 16.2. The van der Waals surface area contributed by atoms with Gasteiger partial charge in [0, 0.05) is 6.20 Å². The molecular weight excluding hydrogens is 330 g/mol. The first-order chi connectivity index (χ1) is 12.8. The number of anilines is 1. The van der Waals surface area contributed by atoms with Crippen molar-refractivity contribution in [1.82, 2.24) is 9.78 Å². The molecule has 0 saturated heterocycles. The number of ether oxygens (including phenoxy) is 2. The summed E-state index contributed by atoms with van der Waals surface area (Å²) in [6.07, 6.45) is 3.65. The molecule has 1 atom stereocenters. The van der Waals surface area contributed by atoms with Crippen LogP contribution in [0.2, 0.25) is 0 Å². The number of nitrogens with one attached hydrogen (secondary N) is 1. The molecule has 0 bridgehead atoms. The Labute approximate surface area is 151 Å². The van der Waals surface area contributed by atoms with E-state index in [2.05, 4.69) is 10.4 Å². The Kier molecular flexibility index (Phi) is 4.55. The van der Waals surface area contributed by atoms with Crippen molar-refractivity contribution in [3.63, 3.8) is 0 Å². The second-order valence-electron chi connectivity index (χ2n) is 6.16. The highest BCUT2D eigenvalue weighted by atomic mass is 16.6. The Morgan fingerprint density at radius 2 is 1.88 bits per heavy atom. The molecule has 0 aliphatic carbocycles. The normalized spacial score (nSPS) is 15.5. The largest absolute Gasteiger partial charge is 0.486 e. The minimum absolute atomic E-state index is 0.0677. The summed E-state index contributed by atoms with van der Waals surface area (Å²) < 4.78 is 13.4. The van der Waals surface area contributed by atoms with E-state index >= 15 is 0 Å². The zero-order chi connectivity index (χ0) is 17.8. The summed E-state index contributed by atoms with van der Waals surface area (Å²) in [5, 5.41) is 7.16. The van der Waals surface area contributed by atoms with E-state index in [0.29, 0.717) is 25.3 Å². The van der Waals surface area contributed by atoms with Gasteiger partial charge in [-0.3, -0.25) is 9.48 Å². The maximum atomic E-state index is 12.1. The lowest BCUT2D eigenvalue weighted by atomic mass is 10.1. The van der Waals surface area contributed by atoms with Gasteiger partial charge in [0.25, 0.3) is 0 Å². The summed E-state index contributed by atoms with van der Waals surface area (Å²) in [4.78, 5) is 12.1. The van der Waals surface area contributed by atoms with Gasteiger partial charge >= 0.3 is 0 Å². The molecule has 4 rings (SSSR count). The van der Waals surface area contributed by atoms with Crippen LogP contribution in [0.15, 0.2) is 67.0 Å². The molecule has 1 amide bonds. The van der Waals surface area contributed by atoms with E-state index in [9.17, 15) is 4.79 Å². The van der Waals surface area contributed by atoms with Gasteiger partial charge in [-0.15, -0.1) is 0 Å². The predicted molar refractivity (Wildman–Crippen MR) is 97.4 cm³/mol. The fraction of sp³-hybridized carbons (Fsp3) is 0.200. The Morgan fingerprint density at radius 1 is 1.12 bits per heavy atom. The van der Waals surface area contributed by atoms with E-state index < -0.39 is 0 Å². The van der Waals surface area contributed by atoms with Crippen LogP contribution in [0.3, 0.4) is 0 Å². The third-order valence-corrected chi connectivity index (χ3v) is 4.08. The van der Waals surface area contributed by atoms with Crippen LogP contribution in [-0.4, -0.2) is 28.4 Å². The highest BCUT2D eigenvalue weighted by Crippen LogP contribution is 2.31. The van der Waals surface area contributed by atoms with Crippen LogP contribution in [0.25, 0.3) is 0 Å². The van der Waals surface area contributed by atoms with Crippen molar-refractivity contribution in [2.45, 2.75) is 19.1 Å². The summed E-state index contributed by atoms with van der Waals surface area (Å²) in [6.45, 7) is 1.01. The van der Waals surface area contributed by atoms with Crippen LogP contribution in [0.1, 0.15) is 5.56 Å². The van der Waals surface area contributed by atoms with Crippen molar-refractivity contribution in [1.29, 1.82) is 0 Å². The third-order valence-electron chi connectivity index (χ3n) is 4.08. The molecule has 3 aromatic rings. The zero-order valence-corrected chi connectivity index (χ0v) is 14.2. The molecular formula is C20H19N3O3. The molecule has 6 nitrogen and oxygen atoms in total. The van der Waals surface area contributed by atoms with Crippen molar-refractivity contribution >= 4 is 11.6 Å². The Bertz CT molecular complexity index is 892. The van der Waals surface area contributed by atoms with Crippen molar-refractivity contribution in [3.8, 4) is 11.5 Å². The monoisotopic (exact) mass is 349 g/mol. The number of carbonyl (C=O) groups is 1. The van der Waals surface area contributed by atoms with E-state index in [1.807, 2.05) is 54.6 Å². The number of fused-ring (bicyclic) bond motifs is 1. The van der Waals surface area contributed by atoms with Crippen molar-refractivity contribution < 1.29 is 14.3 Å². The van der Waals surface area contributed by atoms with E-state index in [-0.39, 0.29) is 12.0 Å². The van der Waals surface area contributed by atoms with Crippen LogP contribution < -0.4 is 14.8 Å². The predicted octanol–water partition coefficient (Wildman–Crippen LogP) is 2.90. The maximum Gasteiger partial charge on any atom is 0.228 e. The maximum absolute atomic E-state index is 12.1. The summed E-state index contributed by atoms with van der Waals surface area (Å²) in [6, 6.07) is 17.2. The summed E-state index contributed by atoms with van der Waals surface area (Å²) in [5.74, 6) is 1.44. The van der Waals surface area contributed by atoms with Crippen molar-refractivity contribution in [2.24, 2.45) is 0 Å². The molecule has 0 unspecified atom stereocenters. The lowest BCUT2D eigenvalue weighted by Gasteiger charge is -2.26. The van der Waals surface area contributed by atoms with Gasteiger partial charge in [0.05, 0.1) is 24.8 Å². The van der Waals surface area contributed by atoms with Crippen LogP contribution >= 0.6 is 0 Å². The summed E-state index contributed by atoms with van der Waals surface area (Å²) >= 11 is 0. The fourth-order valence-corrected chi connectivity index (χ4v) is 2.88. The van der Waals surface area contributed by atoms with Gasteiger partial charge in [0.1, 0.15) is 6.61 Å². The van der Waals surface area contributed by atoms with Gasteiger partial charge < -0.3 is 14.8 Å². The highest BCUT2D eigenvalue weighted by Gasteiger charge is 2.21. The number of rotatable bonds is 5. The molecule has 1 aliphatic rings. The summed E-state index contributed by atoms with van der Waals surface area (Å²) in [5.41, 5.74) is 1.65. The van der Waals surface area contributed by atoms with E-state index in [1.165, 1.54) is 0 Å². The molecule has 6 heteroatoms. The van der Waals surface area contributed by atoms with E-state index in [0.717, 1.165) is 17.1 Å². The van der Waals surface area contributed by atoms with Crippen molar-refractivity contribution in [2.75, 3.05) is 11.9 Å². The second-order valence-corrected chi connectivity index (χ2v) is 6.16. The second kappa shape index (κ2) is 7.31.